The summed E-state index contributed by atoms with van der Waals surface area (Å²) in [6.07, 6.45) is 0. The van der Waals surface area contributed by atoms with E-state index in [0.717, 1.165) is 52.4 Å². The SMILES string of the molecule is O=C(c1ccc(Cl)cc1)c1cc(CN2CCN(C(c3ccccc3)c3ccccc3)CC2)on1.O=C(c1ccc(F)cc1)c1cc(CN2CCN(C(c3ccccc3)c3ccccc3)CC2)on1. The Kier molecular flexibility index (Phi) is 15.2. The molecule has 6 aromatic carbocycles. The molecule has 8 aromatic rings. The van der Waals surface area contributed by atoms with Gasteiger partial charge in [0, 0.05) is 80.6 Å². The van der Waals surface area contributed by atoms with Crippen LogP contribution in [-0.2, 0) is 13.1 Å². The van der Waals surface area contributed by atoms with Crippen LogP contribution in [0.2, 0.25) is 5.02 Å². The van der Waals surface area contributed by atoms with E-state index in [4.69, 9.17) is 20.6 Å². The Bertz CT molecular complexity index is 2550. The van der Waals surface area contributed by atoms with Crippen LogP contribution in [0.5, 0.6) is 0 Å². The first kappa shape index (κ1) is 46.3. The molecule has 0 aliphatic carbocycles. The average Bonchev–Trinajstić information content (AvgIpc) is 4.07. The number of carbonyl (C=O) groups excluding carboxylic acids is 2. The first-order valence-corrected chi connectivity index (χ1v) is 23.4. The van der Waals surface area contributed by atoms with E-state index in [1.807, 2.05) is 0 Å². The fourth-order valence-electron chi connectivity index (χ4n) is 9.06. The second-order valence-electron chi connectivity index (χ2n) is 17.1. The standard InChI is InChI=1S/C28H26ClN3O2.C28H26FN3O2/c2*29-24-13-11-23(12-14-24)28(33)26-19-25(34-30-26)20-31-15-17-32(18-16-31)27(21-7-3-1-4-8-21)22-9-5-2-6-10-22/h2*1-14,19,27H,15-18,20H2. The predicted octanol–water partition coefficient (Wildman–Crippen LogP) is 10.4. The molecule has 4 heterocycles. The van der Waals surface area contributed by atoms with Crippen LogP contribution in [0.25, 0.3) is 0 Å². The van der Waals surface area contributed by atoms with Crippen LogP contribution in [0.3, 0.4) is 0 Å². The van der Waals surface area contributed by atoms with E-state index >= 15 is 0 Å². The Hall–Kier alpha value is -6.86. The largest absolute Gasteiger partial charge is 0.359 e. The van der Waals surface area contributed by atoms with Crippen molar-refractivity contribution in [3.05, 3.63) is 249 Å². The summed E-state index contributed by atoms with van der Waals surface area (Å²) in [4.78, 5) is 35.0. The van der Waals surface area contributed by atoms with Gasteiger partial charge in [0.05, 0.1) is 25.2 Å². The summed E-state index contributed by atoms with van der Waals surface area (Å²) in [5, 5.41) is 8.55. The van der Waals surface area contributed by atoms with Gasteiger partial charge in [-0.2, -0.15) is 0 Å². The van der Waals surface area contributed by atoms with Gasteiger partial charge in [-0.3, -0.25) is 29.2 Å². The maximum atomic E-state index is 13.1. The molecule has 2 fully saturated rings. The van der Waals surface area contributed by atoms with Gasteiger partial charge in [-0.1, -0.05) is 143 Å². The van der Waals surface area contributed by atoms with Gasteiger partial charge >= 0.3 is 0 Å². The van der Waals surface area contributed by atoms with Crippen molar-refractivity contribution in [3.63, 3.8) is 0 Å². The molecule has 344 valence electrons. The molecule has 0 saturated carbocycles. The highest BCUT2D eigenvalue weighted by Gasteiger charge is 2.29. The van der Waals surface area contributed by atoms with Gasteiger partial charge in [0.1, 0.15) is 5.82 Å². The molecule has 68 heavy (non-hydrogen) atoms. The van der Waals surface area contributed by atoms with Crippen LogP contribution in [0.1, 0.15) is 78.0 Å². The number of piperazine rings is 2. The number of hydrogen-bond donors (Lipinski definition) is 0. The van der Waals surface area contributed by atoms with Crippen LogP contribution in [0, 0.1) is 5.82 Å². The van der Waals surface area contributed by atoms with E-state index in [1.54, 1.807) is 36.4 Å². The zero-order valence-corrected chi connectivity index (χ0v) is 38.4. The number of benzene rings is 6. The summed E-state index contributed by atoms with van der Waals surface area (Å²) >= 11 is 5.92. The molecule has 2 aromatic heterocycles. The first-order chi connectivity index (χ1) is 33.3. The van der Waals surface area contributed by atoms with Gasteiger partial charge in [0.15, 0.2) is 22.9 Å². The number of hydrogen-bond acceptors (Lipinski definition) is 10. The maximum Gasteiger partial charge on any atom is 0.214 e. The molecule has 0 spiro atoms. The van der Waals surface area contributed by atoms with Gasteiger partial charge in [0.25, 0.3) is 0 Å². The zero-order valence-electron chi connectivity index (χ0n) is 37.6. The van der Waals surface area contributed by atoms with E-state index in [-0.39, 0.29) is 35.2 Å². The lowest BCUT2D eigenvalue weighted by atomic mass is 9.96. The van der Waals surface area contributed by atoms with Gasteiger partial charge < -0.3 is 9.05 Å². The topological polar surface area (TPSA) is 99.2 Å². The highest BCUT2D eigenvalue weighted by molar-refractivity contribution is 6.30. The molecule has 0 bridgehead atoms. The van der Waals surface area contributed by atoms with Crippen molar-refractivity contribution in [3.8, 4) is 0 Å². The summed E-state index contributed by atoms with van der Waals surface area (Å²) in [5.74, 6) is 0.548. The quantitative estimate of drug-likeness (QED) is 0.0981. The normalized spacial score (nSPS) is 15.0. The van der Waals surface area contributed by atoms with Crippen LogP contribution < -0.4 is 0 Å². The minimum Gasteiger partial charge on any atom is -0.359 e. The van der Waals surface area contributed by atoms with Crippen LogP contribution in [-0.4, -0.2) is 93.8 Å². The molecule has 2 aliphatic rings. The minimum atomic E-state index is -0.377. The summed E-state index contributed by atoms with van der Waals surface area (Å²) in [6.45, 7) is 8.56. The third kappa shape index (κ3) is 11.6. The second kappa shape index (κ2) is 22.3. The summed E-state index contributed by atoms with van der Waals surface area (Å²) in [6, 6.07) is 58.8. The summed E-state index contributed by atoms with van der Waals surface area (Å²) in [5.41, 5.74) is 6.71. The highest BCUT2D eigenvalue weighted by Crippen LogP contribution is 2.31. The zero-order chi connectivity index (χ0) is 46.7. The Balaban J connectivity index is 0.000000170. The summed E-state index contributed by atoms with van der Waals surface area (Å²) < 4.78 is 24.1. The van der Waals surface area contributed by atoms with Crippen molar-refractivity contribution in [2.75, 3.05) is 52.4 Å². The molecule has 10 rings (SSSR count). The molecule has 10 nitrogen and oxygen atoms in total. The molecule has 0 unspecified atom stereocenters. The van der Waals surface area contributed by atoms with E-state index in [0.29, 0.717) is 46.5 Å². The Morgan fingerprint density at radius 3 is 1.13 bits per heavy atom. The Labute approximate surface area is 401 Å². The van der Waals surface area contributed by atoms with E-state index in [1.165, 1.54) is 46.5 Å². The van der Waals surface area contributed by atoms with Crippen molar-refractivity contribution in [2.24, 2.45) is 0 Å². The second-order valence-corrected chi connectivity index (χ2v) is 17.5. The third-order valence-electron chi connectivity index (χ3n) is 12.6. The van der Waals surface area contributed by atoms with Gasteiger partial charge in [-0.05, 0) is 70.8 Å². The minimum absolute atomic E-state index is 0.162. The molecular formula is C56H52ClFN6O4. The number of carbonyl (C=O) groups is 2. The molecule has 12 heteroatoms. The summed E-state index contributed by atoms with van der Waals surface area (Å²) in [7, 11) is 0. The van der Waals surface area contributed by atoms with Crippen LogP contribution >= 0.6 is 11.6 Å². The van der Waals surface area contributed by atoms with E-state index in [9.17, 15) is 14.0 Å². The lowest BCUT2D eigenvalue weighted by molar-refractivity contribution is 0.0976. The van der Waals surface area contributed by atoms with Crippen LogP contribution in [0.15, 0.2) is 191 Å². The number of nitrogens with zero attached hydrogens (tertiary/aromatic N) is 6. The molecule has 0 N–H and O–H groups in total. The maximum absolute atomic E-state index is 13.1. The predicted molar refractivity (Wildman–Crippen MR) is 261 cm³/mol. The van der Waals surface area contributed by atoms with Gasteiger partial charge in [-0.25, -0.2) is 4.39 Å². The van der Waals surface area contributed by atoms with Crippen molar-refractivity contribution in [2.45, 2.75) is 25.2 Å². The fourth-order valence-corrected chi connectivity index (χ4v) is 9.18. The third-order valence-corrected chi connectivity index (χ3v) is 12.8. The van der Waals surface area contributed by atoms with E-state index in [2.05, 4.69) is 151 Å². The Morgan fingerprint density at radius 1 is 0.471 bits per heavy atom. The molecule has 2 aliphatic heterocycles. The first-order valence-electron chi connectivity index (χ1n) is 23.0. The van der Waals surface area contributed by atoms with Crippen molar-refractivity contribution in [1.82, 2.24) is 29.9 Å². The molecule has 2 saturated heterocycles. The highest BCUT2D eigenvalue weighted by atomic mass is 35.5. The van der Waals surface area contributed by atoms with Crippen LogP contribution in [0.4, 0.5) is 4.39 Å². The number of halogens is 2. The number of aromatic nitrogens is 2. The van der Waals surface area contributed by atoms with E-state index < -0.39 is 0 Å². The monoisotopic (exact) mass is 926 g/mol. The number of rotatable bonds is 14. The fraction of sp³-hybridized carbons (Fsp3) is 0.214. The Morgan fingerprint density at radius 2 is 0.794 bits per heavy atom. The lowest BCUT2D eigenvalue weighted by Crippen LogP contribution is -2.47. The molecule has 0 radical (unpaired) electrons. The van der Waals surface area contributed by atoms with Gasteiger partial charge in [0.2, 0.25) is 11.6 Å². The molecule has 0 atom stereocenters. The average molecular weight is 928 g/mol. The van der Waals surface area contributed by atoms with Crippen molar-refractivity contribution in [1.29, 1.82) is 0 Å². The molecule has 0 amide bonds. The van der Waals surface area contributed by atoms with Crippen molar-refractivity contribution >= 4 is 23.2 Å². The number of ketones is 2. The van der Waals surface area contributed by atoms with Crippen molar-refractivity contribution < 1.29 is 23.0 Å². The lowest BCUT2D eigenvalue weighted by Gasteiger charge is -2.39. The van der Waals surface area contributed by atoms with Gasteiger partial charge in [-0.15, -0.1) is 0 Å². The smallest absolute Gasteiger partial charge is 0.214 e. The molecular weight excluding hydrogens is 875 g/mol.